The van der Waals surface area contributed by atoms with Gasteiger partial charge >= 0.3 is 5.69 Å². The summed E-state index contributed by atoms with van der Waals surface area (Å²) in [5.74, 6) is -3.56. The van der Waals surface area contributed by atoms with E-state index in [9.17, 15) is 23.7 Å². The Balaban J connectivity index is 2.32. The van der Waals surface area contributed by atoms with Crippen LogP contribution >= 0.6 is 0 Å². The standard InChI is InChI=1S/C9H5F2N5O3/c10-4-1-5(11)7(16(18)19)2-6(4)14-9(17)8-12-3-13-15-8/h1-3H,(H,14,17)(H,12,13,15). The molecule has 0 saturated carbocycles. The Kier molecular flexibility index (Phi) is 3.14. The van der Waals surface area contributed by atoms with Crippen LogP contribution in [-0.4, -0.2) is 26.0 Å². The first-order valence-electron chi connectivity index (χ1n) is 4.79. The van der Waals surface area contributed by atoms with Gasteiger partial charge in [-0.3, -0.25) is 20.0 Å². The molecular formula is C9H5F2N5O3. The molecule has 0 aliphatic carbocycles. The molecule has 0 fully saturated rings. The summed E-state index contributed by atoms with van der Waals surface area (Å²) >= 11 is 0. The molecule has 19 heavy (non-hydrogen) atoms. The number of hydrogen-bond donors (Lipinski definition) is 2. The van der Waals surface area contributed by atoms with Crippen molar-refractivity contribution in [1.29, 1.82) is 0 Å². The summed E-state index contributed by atoms with van der Waals surface area (Å²) in [6.07, 6.45) is 1.05. The number of aromatic nitrogens is 3. The number of H-pyrrole nitrogens is 1. The van der Waals surface area contributed by atoms with Crippen LogP contribution in [0.15, 0.2) is 18.5 Å². The first kappa shape index (κ1) is 12.5. The number of aromatic amines is 1. The van der Waals surface area contributed by atoms with Gasteiger partial charge in [-0.05, 0) is 0 Å². The Morgan fingerprint density at radius 2 is 2.11 bits per heavy atom. The highest BCUT2D eigenvalue weighted by molar-refractivity contribution is 6.01. The predicted octanol–water partition coefficient (Wildman–Crippen LogP) is 1.24. The fraction of sp³-hybridized carbons (Fsp3) is 0. The van der Waals surface area contributed by atoms with Crippen LogP contribution in [0.5, 0.6) is 0 Å². The summed E-state index contributed by atoms with van der Waals surface area (Å²) in [7, 11) is 0. The van der Waals surface area contributed by atoms with Crippen LogP contribution in [0.3, 0.4) is 0 Å². The summed E-state index contributed by atoms with van der Waals surface area (Å²) in [5.41, 5.74) is -1.48. The Morgan fingerprint density at radius 1 is 1.37 bits per heavy atom. The zero-order chi connectivity index (χ0) is 14.0. The van der Waals surface area contributed by atoms with E-state index in [4.69, 9.17) is 0 Å². The molecule has 0 radical (unpaired) electrons. The van der Waals surface area contributed by atoms with Crippen LogP contribution in [0, 0.1) is 21.7 Å². The number of amides is 1. The lowest BCUT2D eigenvalue weighted by molar-refractivity contribution is -0.387. The smallest absolute Gasteiger partial charge is 0.307 e. The zero-order valence-electron chi connectivity index (χ0n) is 9.05. The van der Waals surface area contributed by atoms with E-state index < -0.39 is 33.8 Å². The molecule has 0 aliphatic rings. The van der Waals surface area contributed by atoms with Gasteiger partial charge < -0.3 is 5.32 Å². The molecule has 1 heterocycles. The summed E-state index contributed by atoms with van der Waals surface area (Å²) in [5, 5.41) is 18.1. The number of nitrogens with zero attached hydrogens (tertiary/aromatic N) is 3. The minimum Gasteiger partial charge on any atom is -0.317 e. The van der Waals surface area contributed by atoms with Crippen molar-refractivity contribution in [2.24, 2.45) is 0 Å². The topological polar surface area (TPSA) is 114 Å². The van der Waals surface area contributed by atoms with Crippen molar-refractivity contribution in [2.75, 3.05) is 5.32 Å². The fourth-order valence-corrected chi connectivity index (χ4v) is 1.27. The Labute approximate surface area is 103 Å². The minimum absolute atomic E-state index is 0.216. The van der Waals surface area contributed by atoms with Gasteiger partial charge in [-0.25, -0.2) is 9.37 Å². The van der Waals surface area contributed by atoms with Gasteiger partial charge in [0.05, 0.1) is 10.6 Å². The highest BCUT2D eigenvalue weighted by Gasteiger charge is 2.20. The molecule has 1 aromatic heterocycles. The van der Waals surface area contributed by atoms with Gasteiger partial charge in [0, 0.05) is 12.1 Å². The number of hydrogen-bond acceptors (Lipinski definition) is 5. The predicted molar refractivity (Wildman–Crippen MR) is 57.3 cm³/mol. The molecular weight excluding hydrogens is 264 g/mol. The number of rotatable bonds is 3. The van der Waals surface area contributed by atoms with Gasteiger partial charge in [-0.2, -0.15) is 9.49 Å². The molecule has 0 bridgehead atoms. The normalized spacial score (nSPS) is 10.2. The molecule has 0 saturated heterocycles. The molecule has 2 aromatic rings. The van der Waals surface area contributed by atoms with E-state index in [-0.39, 0.29) is 5.82 Å². The van der Waals surface area contributed by atoms with E-state index in [1.54, 1.807) is 0 Å². The van der Waals surface area contributed by atoms with Crippen molar-refractivity contribution in [3.63, 3.8) is 0 Å². The molecule has 10 heteroatoms. The Hall–Kier alpha value is -2.91. The van der Waals surface area contributed by atoms with E-state index in [0.29, 0.717) is 12.1 Å². The zero-order valence-corrected chi connectivity index (χ0v) is 9.05. The van der Waals surface area contributed by atoms with Crippen molar-refractivity contribution in [3.05, 3.63) is 46.0 Å². The number of nitro benzene ring substituents is 1. The molecule has 0 aliphatic heterocycles. The lowest BCUT2D eigenvalue weighted by Gasteiger charge is -2.04. The quantitative estimate of drug-likeness (QED) is 0.642. The monoisotopic (exact) mass is 269 g/mol. The summed E-state index contributed by atoms with van der Waals surface area (Å²) in [6, 6.07) is 0.896. The molecule has 0 unspecified atom stereocenters. The maximum atomic E-state index is 13.4. The van der Waals surface area contributed by atoms with Crippen LogP contribution in [0.25, 0.3) is 0 Å². The van der Waals surface area contributed by atoms with Gasteiger partial charge in [-0.1, -0.05) is 0 Å². The number of anilines is 1. The first-order valence-corrected chi connectivity index (χ1v) is 4.79. The summed E-state index contributed by atoms with van der Waals surface area (Å²) in [4.78, 5) is 24.5. The van der Waals surface area contributed by atoms with E-state index in [1.165, 1.54) is 0 Å². The van der Waals surface area contributed by atoms with Crippen molar-refractivity contribution < 1.29 is 18.5 Å². The number of nitro groups is 1. The molecule has 98 valence electrons. The maximum Gasteiger partial charge on any atom is 0.307 e. The van der Waals surface area contributed by atoms with Crippen molar-refractivity contribution in [2.45, 2.75) is 0 Å². The van der Waals surface area contributed by atoms with Gasteiger partial charge in [0.15, 0.2) is 0 Å². The minimum atomic E-state index is -1.33. The Morgan fingerprint density at radius 3 is 2.68 bits per heavy atom. The first-order chi connectivity index (χ1) is 8.99. The van der Waals surface area contributed by atoms with E-state index in [1.807, 2.05) is 5.32 Å². The van der Waals surface area contributed by atoms with Crippen LogP contribution in [-0.2, 0) is 0 Å². The highest BCUT2D eigenvalue weighted by atomic mass is 19.1. The second-order valence-electron chi connectivity index (χ2n) is 3.33. The molecule has 1 amide bonds. The maximum absolute atomic E-state index is 13.4. The number of carbonyl (C=O) groups is 1. The van der Waals surface area contributed by atoms with Crippen LogP contribution in [0.1, 0.15) is 10.6 Å². The number of benzene rings is 1. The van der Waals surface area contributed by atoms with E-state index in [2.05, 4.69) is 15.2 Å². The third-order valence-corrected chi connectivity index (χ3v) is 2.11. The van der Waals surface area contributed by atoms with E-state index >= 15 is 0 Å². The van der Waals surface area contributed by atoms with Crippen LogP contribution in [0.2, 0.25) is 0 Å². The lowest BCUT2D eigenvalue weighted by atomic mass is 10.2. The lowest BCUT2D eigenvalue weighted by Crippen LogP contribution is -2.15. The Bertz CT molecular complexity index is 644. The van der Waals surface area contributed by atoms with Crippen molar-refractivity contribution in [3.8, 4) is 0 Å². The average Bonchev–Trinajstić information content (AvgIpc) is 2.85. The van der Waals surface area contributed by atoms with Crippen LogP contribution < -0.4 is 5.32 Å². The summed E-state index contributed by atoms with van der Waals surface area (Å²) in [6.45, 7) is 0. The highest BCUT2D eigenvalue weighted by Crippen LogP contribution is 2.25. The number of halogens is 2. The summed E-state index contributed by atoms with van der Waals surface area (Å²) < 4.78 is 26.4. The second-order valence-corrected chi connectivity index (χ2v) is 3.33. The molecule has 1 aromatic carbocycles. The van der Waals surface area contributed by atoms with Gasteiger partial charge in [0.2, 0.25) is 11.6 Å². The molecule has 2 rings (SSSR count). The molecule has 0 atom stereocenters. The average molecular weight is 269 g/mol. The van der Waals surface area contributed by atoms with Gasteiger partial charge in [-0.15, -0.1) is 0 Å². The number of carbonyl (C=O) groups excluding carboxylic acids is 1. The third-order valence-electron chi connectivity index (χ3n) is 2.11. The molecule has 2 N–H and O–H groups in total. The van der Waals surface area contributed by atoms with Crippen LogP contribution in [0.4, 0.5) is 20.2 Å². The SMILES string of the molecule is O=C(Nc1cc([N+](=O)[O-])c(F)cc1F)c1ncn[nH]1. The van der Waals surface area contributed by atoms with E-state index in [0.717, 1.165) is 6.33 Å². The molecule has 0 spiro atoms. The van der Waals surface area contributed by atoms with Crippen molar-refractivity contribution >= 4 is 17.3 Å². The van der Waals surface area contributed by atoms with Gasteiger partial charge in [0.1, 0.15) is 12.1 Å². The second kappa shape index (κ2) is 4.76. The number of nitrogens with one attached hydrogen (secondary N) is 2. The van der Waals surface area contributed by atoms with Crippen molar-refractivity contribution in [1.82, 2.24) is 15.2 Å². The third kappa shape index (κ3) is 2.51. The largest absolute Gasteiger partial charge is 0.317 e. The molecule has 8 nitrogen and oxygen atoms in total. The fourth-order valence-electron chi connectivity index (χ4n) is 1.27. The van der Waals surface area contributed by atoms with Gasteiger partial charge in [0.25, 0.3) is 5.91 Å².